The van der Waals surface area contributed by atoms with Crippen molar-refractivity contribution in [3.63, 3.8) is 0 Å². The van der Waals surface area contributed by atoms with E-state index in [2.05, 4.69) is 18.1 Å². The summed E-state index contributed by atoms with van der Waals surface area (Å²) in [4.78, 5) is 3.21. The number of rotatable bonds is 1. The fraction of sp³-hybridized carbons (Fsp3) is 0.333. The van der Waals surface area contributed by atoms with Gasteiger partial charge in [-0.15, -0.1) is 13.2 Å². The first kappa shape index (κ1) is 9.25. The van der Waals surface area contributed by atoms with Crippen molar-refractivity contribution in [1.29, 1.82) is 1.43 Å². The smallest absolute Gasteiger partial charge is 0.310 e. The molecule has 0 heterocycles. The third-order valence-corrected chi connectivity index (χ3v) is 0. The fourth-order valence-corrected chi connectivity index (χ4v) is 0. The fourth-order valence-electron chi connectivity index (χ4n) is 0. The molecule has 0 amide bonds. The van der Waals surface area contributed by atoms with Crippen LogP contribution in [0.5, 0.6) is 0 Å². The van der Waals surface area contributed by atoms with Gasteiger partial charge in [0, 0.05) is 0 Å². The van der Waals surface area contributed by atoms with Crippen LogP contribution in [-0.4, -0.2) is 6.33 Å². The minimum absolute atomic E-state index is 0. The monoisotopic (exact) mass is 110 g/mol. The SMILES string of the molecule is C.C=C.[3H]OP=O. The van der Waals surface area contributed by atoms with Crippen LogP contribution in [0.4, 0.5) is 0 Å². The van der Waals surface area contributed by atoms with Gasteiger partial charge >= 0.3 is 8.69 Å². The molecule has 38 valence electrons. The van der Waals surface area contributed by atoms with E-state index in [1.807, 2.05) is 0 Å². The normalized spacial score (nSPS) is 6.33. The lowest BCUT2D eigenvalue weighted by Crippen LogP contribution is -1.03. The minimum Gasteiger partial charge on any atom is -0.310 e. The number of hydrogen-bond donors (Lipinski definition) is 1. The van der Waals surface area contributed by atoms with Gasteiger partial charge in [-0.3, -0.25) is 0 Å². The van der Waals surface area contributed by atoms with Crippen molar-refractivity contribution in [2.45, 2.75) is 7.43 Å². The van der Waals surface area contributed by atoms with Gasteiger partial charge in [0.25, 0.3) is 0 Å². The molecular weight excluding hydrogens is 99.0 g/mol. The molecule has 0 fully saturated rings. The zero-order valence-electron chi connectivity index (χ0n) is 3.68. The highest BCUT2D eigenvalue weighted by Gasteiger charge is 1.28. The van der Waals surface area contributed by atoms with Crippen molar-refractivity contribution in [2.24, 2.45) is 0 Å². The Morgan fingerprint density at radius 1 is 1.83 bits per heavy atom. The van der Waals surface area contributed by atoms with Crippen LogP contribution >= 0.6 is 8.69 Å². The molecule has 0 unspecified atom stereocenters. The van der Waals surface area contributed by atoms with Crippen LogP contribution < -0.4 is 0 Å². The second-order valence-electron chi connectivity index (χ2n) is 0.0745. The van der Waals surface area contributed by atoms with Gasteiger partial charge in [-0.25, -0.2) is 4.57 Å². The maximum Gasteiger partial charge on any atom is 0.324 e. The lowest BCUT2D eigenvalue weighted by atomic mass is 11.3. The Balaban J connectivity index is -0.0000000480. The number of hydrogen-bond acceptors (Lipinski definition) is 2. The van der Waals surface area contributed by atoms with Crippen LogP contribution in [0.15, 0.2) is 13.2 Å². The summed E-state index contributed by atoms with van der Waals surface area (Å²) < 4.78 is 14.5. The van der Waals surface area contributed by atoms with Crippen LogP contribution in [0.3, 0.4) is 0 Å². The van der Waals surface area contributed by atoms with E-state index in [4.69, 9.17) is 6.00 Å². The van der Waals surface area contributed by atoms with Crippen molar-refractivity contribution >= 4 is 8.69 Å². The molecule has 2 nitrogen and oxygen atoms in total. The largest absolute Gasteiger partial charge is 0.324 e. The Hall–Kier alpha value is -0.200. The van der Waals surface area contributed by atoms with Gasteiger partial charge in [-0.2, -0.15) is 0 Å². The Kier molecular flexibility index (Phi) is 167. The van der Waals surface area contributed by atoms with Crippen molar-refractivity contribution in [1.82, 2.24) is 0 Å². The van der Waals surface area contributed by atoms with Crippen LogP contribution in [0.2, 0.25) is 0 Å². The molecule has 0 aromatic carbocycles. The molecule has 0 rings (SSSR count). The maximum absolute atomic E-state index is 8.86. The Morgan fingerprint density at radius 3 is 2.00 bits per heavy atom. The lowest BCUT2D eigenvalue weighted by molar-refractivity contribution is 0.524. The van der Waals surface area contributed by atoms with E-state index in [9.17, 15) is 0 Å². The summed E-state index contributed by atoms with van der Waals surface area (Å²) >= 11 is 0. The quantitative estimate of drug-likeness (QED) is 0.411. The van der Waals surface area contributed by atoms with Crippen molar-refractivity contribution in [3.05, 3.63) is 13.2 Å². The summed E-state index contributed by atoms with van der Waals surface area (Å²) in [5.74, 6) is 0. The molecular formula is C3H9O2P. The van der Waals surface area contributed by atoms with E-state index in [1.165, 1.54) is 0 Å². The predicted octanol–water partition coefficient (Wildman–Crippen LogP) is 1.62. The summed E-state index contributed by atoms with van der Waals surface area (Å²) in [5.41, 5.74) is 0. The highest BCUT2D eigenvalue weighted by atomic mass is 31.1. The third-order valence-electron chi connectivity index (χ3n) is 0. The molecule has 0 aliphatic heterocycles. The molecule has 0 aliphatic carbocycles. The molecule has 0 saturated heterocycles. The zero-order chi connectivity index (χ0) is 5.41. The average molecular weight is 110 g/mol. The van der Waals surface area contributed by atoms with Gasteiger partial charge in [-0.1, -0.05) is 7.43 Å². The molecule has 0 aromatic heterocycles. The summed E-state index contributed by atoms with van der Waals surface area (Å²) in [6.45, 7) is 6.00. The maximum atomic E-state index is 8.86. The van der Waals surface area contributed by atoms with Crippen LogP contribution in [0.1, 0.15) is 7.43 Å². The molecule has 0 saturated carbocycles. The summed E-state index contributed by atoms with van der Waals surface area (Å²) in [7, 11) is -0.585. The van der Waals surface area contributed by atoms with Gasteiger partial charge in [0.05, 0.1) is 0 Å². The van der Waals surface area contributed by atoms with Crippen molar-refractivity contribution in [2.75, 3.05) is 0 Å². The van der Waals surface area contributed by atoms with E-state index >= 15 is 0 Å². The standard InChI is InChI=1S/C2H4.CH4.HO2P/c1-2;;1-3-2/h1-2H2;1H4;(H,1,2)/i/hT. The average Bonchev–Trinajstić information content (AvgIpc) is 1.72. The van der Waals surface area contributed by atoms with Gasteiger partial charge in [0.15, 0.2) is 0 Å². The molecule has 0 radical (unpaired) electrons. The Labute approximate surface area is 41.3 Å². The molecule has 0 aromatic rings. The summed E-state index contributed by atoms with van der Waals surface area (Å²) in [6.07, 6.45) is 0. The van der Waals surface area contributed by atoms with E-state index in [0.29, 0.717) is 0 Å². The topological polar surface area (TPSA) is 37.3 Å². The Morgan fingerprint density at radius 2 is 2.00 bits per heavy atom. The Bertz CT molecular complexity index is 34.1. The molecule has 3 heteroatoms. The second kappa shape index (κ2) is 108. The first-order valence-corrected chi connectivity index (χ1v) is 1.60. The van der Waals surface area contributed by atoms with Gasteiger partial charge in [0.2, 0.25) is 1.43 Å². The summed E-state index contributed by atoms with van der Waals surface area (Å²) in [5, 5.41) is 0. The zero-order valence-corrected chi connectivity index (χ0v) is 3.57. The molecule has 0 aliphatic rings. The van der Waals surface area contributed by atoms with Crippen molar-refractivity contribution in [3.8, 4) is 0 Å². The molecule has 0 bridgehead atoms. The van der Waals surface area contributed by atoms with Crippen molar-refractivity contribution < 1.29 is 9.46 Å². The van der Waals surface area contributed by atoms with Gasteiger partial charge in [0.1, 0.15) is 0 Å². The predicted molar refractivity (Wildman–Crippen MR) is 27.8 cm³/mol. The van der Waals surface area contributed by atoms with Crippen LogP contribution in [0, 0.1) is 0 Å². The molecule has 1 N–H and O–H groups in total. The minimum atomic E-state index is -0.585. The van der Waals surface area contributed by atoms with E-state index < -0.39 is 8.69 Å². The molecule has 0 atom stereocenters. The highest BCUT2D eigenvalue weighted by Crippen LogP contribution is 1.66. The van der Waals surface area contributed by atoms with E-state index in [1.54, 1.807) is 0 Å². The first-order chi connectivity index (χ1) is 2.91. The third kappa shape index (κ3) is 745. The van der Waals surface area contributed by atoms with E-state index in [-0.39, 0.29) is 7.43 Å². The first-order valence-electron chi connectivity index (χ1n) is 1.27. The summed E-state index contributed by atoms with van der Waals surface area (Å²) in [6, 6.07) is 0. The van der Waals surface area contributed by atoms with Crippen LogP contribution in [-0.2, 0) is 4.57 Å². The van der Waals surface area contributed by atoms with Gasteiger partial charge in [-0.05, 0) is 0 Å². The molecule has 6 heavy (non-hydrogen) atoms. The second-order valence-corrected chi connectivity index (χ2v) is 0.224. The lowest BCUT2D eigenvalue weighted by Gasteiger charge is -1.24. The van der Waals surface area contributed by atoms with Crippen LogP contribution in [0.25, 0.3) is 0 Å². The van der Waals surface area contributed by atoms with Gasteiger partial charge < -0.3 is 4.90 Å². The van der Waals surface area contributed by atoms with E-state index in [0.717, 1.165) is 0 Å². The molecule has 0 spiro atoms. The highest BCUT2D eigenvalue weighted by molar-refractivity contribution is 7.16.